The molecule has 2 atom stereocenters. The predicted octanol–water partition coefficient (Wildman–Crippen LogP) is 18.5. The number of allylic oxidation sites excluding steroid dienone is 2. The van der Waals surface area contributed by atoms with E-state index >= 15 is 0 Å². The van der Waals surface area contributed by atoms with E-state index in [4.69, 9.17) is 4.74 Å². The molecule has 1 amide bonds. The van der Waals surface area contributed by atoms with Crippen LogP contribution in [0.25, 0.3) is 0 Å². The molecule has 0 aromatic heterocycles. The fraction of sp³-hybridized carbons (Fsp3) is 0.933. The zero-order chi connectivity index (χ0) is 47.9. The first-order valence-electron chi connectivity index (χ1n) is 29.9. The van der Waals surface area contributed by atoms with Crippen molar-refractivity contribution in [3.8, 4) is 0 Å². The van der Waals surface area contributed by atoms with Gasteiger partial charge in [0.2, 0.25) is 5.91 Å². The Kier molecular flexibility index (Phi) is 55.0. The normalized spacial score (nSPS) is 12.6. The van der Waals surface area contributed by atoms with Crippen LogP contribution >= 0.6 is 0 Å². The van der Waals surface area contributed by atoms with Gasteiger partial charge in [-0.3, -0.25) is 9.59 Å². The molecule has 0 radical (unpaired) electrons. The SMILES string of the molecule is CCCCCCCCCCCCCCCCCC(O)C(CO)NC(=O)CCCCCCCCC/C=C\CCCCCCCCCCCCCOC(=O)CCCCCCCCCCCCCC. The molecule has 6 nitrogen and oxygen atoms in total. The van der Waals surface area contributed by atoms with Gasteiger partial charge in [-0.1, -0.05) is 283 Å². The van der Waals surface area contributed by atoms with E-state index in [0.29, 0.717) is 25.9 Å². The molecule has 0 aromatic rings. The first-order chi connectivity index (χ1) is 32.5. The molecule has 0 aliphatic heterocycles. The standard InChI is InChI=1S/C60H117NO5/c1-3-5-7-9-11-13-15-17-26-29-32-36-40-44-48-52-58(63)57(56-62)61-59(64)53-49-45-41-37-33-30-27-24-22-20-18-19-21-23-25-28-31-35-39-43-47-51-55-66-60(65)54-50-46-42-38-34-16-14-12-10-8-6-4-2/h20,22,57-58,62-63H,3-19,21,23-56H2,1-2H3,(H,61,64)/b22-20-. The van der Waals surface area contributed by atoms with Gasteiger partial charge >= 0.3 is 5.97 Å². The van der Waals surface area contributed by atoms with Crippen molar-refractivity contribution >= 4 is 11.9 Å². The van der Waals surface area contributed by atoms with Gasteiger partial charge in [-0.25, -0.2) is 0 Å². The van der Waals surface area contributed by atoms with Crippen molar-refractivity contribution in [2.45, 2.75) is 347 Å². The largest absolute Gasteiger partial charge is 0.466 e. The van der Waals surface area contributed by atoms with Gasteiger partial charge in [-0.15, -0.1) is 0 Å². The van der Waals surface area contributed by atoms with E-state index in [-0.39, 0.29) is 18.5 Å². The molecule has 0 saturated carbocycles. The Balaban J connectivity index is 3.41. The molecule has 3 N–H and O–H groups in total. The average molecular weight is 933 g/mol. The minimum Gasteiger partial charge on any atom is -0.466 e. The van der Waals surface area contributed by atoms with Gasteiger partial charge in [0.1, 0.15) is 0 Å². The number of aliphatic hydroxyl groups is 2. The summed E-state index contributed by atoms with van der Waals surface area (Å²) in [4.78, 5) is 24.5. The summed E-state index contributed by atoms with van der Waals surface area (Å²) in [5.74, 6) is -0.0286. The number of nitrogens with one attached hydrogen (secondary N) is 1. The van der Waals surface area contributed by atoms with Gasteiger partial charge in [0.25, 0.3) is 0 Å². The number of esters is 1. The maximum absolute atomic E-state index is 12.5. The molecular formula is C60H117NO5. The van der Waals surface area contributed by atoms with Crippen LogP contribution in [0.1, 0.15) is 335 Å². The summed E-state index contributed by atoms with van der Waals surface area (Å²) in [6, 6.07) is -0.545. The van der Waals surface area contributed by atoms with Crippen molar-refractivity contribution in [2.75, 3.05) is 13.2 Å². The van der Waals surface area contributed by atoms with Gasteiger partial charge in [0, 0.05) is 12.8 Å². The van der Waals surface area contributed by atoms with Gasteiger partial charge < -0.3 is 20.3 Å². The summed E-state index contributed by atoms with van der Waals surface area (Å²) >= 11 is 0. The second kappa shape index (κ2) is 56.2. The Morgan fingerprint density at radius 2 is 0.712 bits per heavy atom. The molecule has 2 unspecified atom stereocenters. The molecule has 66 heavy (non-hydrogen) atoms. The maximum atomic E-state index is 12.5. The van der Waals surface area contributed by atoms with Crippen molar-refractivity contribution < 1.29 is 24.5 Å². The highest BCUT2D eigenvalue weighted by atomic mass is 16.5. The van der Waals surface area contributed by atoms with E-state index < -0.39 is 12.1 Å². The number of amides is 1. The van der Waals surface area contributed by atoms with Crippen LogP contribution in [0.3, 0.4) is 0 Å². The van der Waals surface area contributed by atoms with Crippen molar-refractivity contribution in [1.29, 1.82) is 0 Å². The summed E-state index contributed by atoms with van der Waals surface area (Å²) in [5.41, 5.74) is 0. The van der Waals surface area contributed by atoms with Gasteiger partial charge in [-0.2, -0.15) is 0 Å². The topological polar surface area (TPSA) is 95.9 Å². The summed E-state index contributed by atoms with van der Waals surface area (Å²) in [7, 11) is 0. The molecule has 0 aromatic carbocycles. The smallest absolute Gasteiger partial charge is 0.305 e. The summed E-state index contributed by atoms with van der Waals surface area (Å²) < 4.78 is 5.47. The second-order valence-electron chi connectivity index (χ2n) is 20.7. The monoisotopic (exact) mass is 932 g/mol. The van der Waals surface area contributed by atoms with Crippen LogP contribution < -0.4 is 5.32 Å². The van der Waals surface area contributed by atoms with Crippen molar-refractivity contribution in [3.63, 3.8) is 0 Å². The fourth-order valence-electron chi connectivity index (χ4n) is 9.46. The molecule has 0 spiro atoms. The zero-order valence-electron chi connectivity index (χ0n) is 44.7. The van der Waals surface area contributed by atoms with Crippen LogP contribution in [0.4, 0.5) is 0 Å². The Hall–Kier alpha value is -1.40. The van der Waals surface area contributed by atoms with E-state index in [1.54, 1.807) is 0 Å². The lowest BCUT2D eigenvalue weighted by atomic mass is 10.0. The first-order valence-corrected chi connectivity index (χ1v) is 29.9. The van der Waals surface area contributed by atoms with Crippen molar-refractivity contribution in [3.05, 3.63) is 12.2 Å². The summed E-state index contributed by atoms with van der Waals surface area (Å²) in [6.45, 7) is 4.97. The van der Waals surface area contributed by atoms with E-state index in [1.165, 1.54) is 263 Å². The Morgan fingerprint density at radius 1 is 0.409 bits per heavy atom. The minimum absolute atomic E-state index is 0.0112. The average Bonchev–Trinajstić information content (AvgIpc) is 3.32. The van der Waals surface area contributed by atoms with Crippen LogP contribution in [-0.4, -0.2) is 47.4 Å². The number of carbonyl (C=O) groups excluding carboxylic acids is 2. The Labute approximate surface area is 412 Å². The highest BCUT2D eigenvalue weighted by Crippen LogP contribution is 2.17. The predicted molar refractivity (Wildman–Crippen MR) is 287 cm³/mol. The molecule has 6 heteroatoms. The second-order valence-corrected chi connectivity index (χ2v) is 20.7. The quantitative estimate of drug-likeness (QED) is 0.0321. The van der Waals surface area contributed by atoms with Gasteiger partial charge in [-0.05, 0) is 51.4 Å². The summed E-state index contributed by atoms with van der Waals surface area (Å²) in [5, 5.41) is 23.3. The first kappa shape index (κ1) is 64.6. The van der Waals surface area contributed by atoms with Crippen molar-refractivity contribution in [1.82, 2.24) is 5.32 Å². The summed E-state index contributed by atoms with van der Waals surface area (Å²) in [6.07, 6.45) is 66.4. The molecule has 0 bridgehead atoms. The lowest BCUT2D eigenvalue weighted by molar-refractivity contribution is -0.143. The molecule has 0 aliphatic rings. The van der Waals surface area contributed by atoms with E-state index in [0.717, 1.165) is 38.5 Å². The van der Waals surface area contributed by atoms with Crippen LogP contribution in [0.5, 0.6) is 0 Å². The highest BCUT2D eigenvalue weighted by Gasteiger charge is 2.20. The lowest BCUT2D eigenvalue weighted by Crippen LogP contribution is -2.45. The number of hydrogen-bond acceptors (Lipinski definition) is 5. The Bertz CT molecular complexity index is 986. The number of ether oxygens (including phenoxy) is 1. The number of carbonyl (C=O) groups is 2. The molecule has 0 fully saturated rings. The molecular weight excluding hydrogens is 815 g/mol. The third-order valence-electron chi connectivity index (χ3n) is 14.1. The zero-order valence-corrected chi connectivity index (χ0v) is 44.7. The van der Waals surface area contributed by atoms with Gasteiger partial charge in [0.05, 0.1) is 25.4 Å². The Morgan fingerprint density at radius 3 is 1.08 bits per heavy atom. The van der Waals surface area contributed by atoms with Crippen LogP contribution in [0, 0.1) is 0 Å². The van der Waals surface area contributed by atoms with Crippen LogP contribution in [-0.2, 0) is 14.3 Å². The van der Waals surface area contributed by atoms with Crippen LogP contribution in [0.2, 0.25) is 0 Å². The number of hydrogen-bond donors (Lipinski definition) is 3. The third kappa shape index (κ3) is 52.0. The lowest BCUT2D eigenvalue weighted by Gasteiger charge is -2.22. The van der Waals surface area contributed by atoms with E-state index in [9.17, 15) is 19.8 Å². The number of unbranched alkanes of at least 4 members (excludes halogenated alkanes) is 43. The van der Waals surface area contributed by atoms with Crippen molar-refractivity contribution in [2.24, 2.45) is 0 Å². The van der Waals surface area contributed by atoms with Crippen LogP contribution in [0.15, 0.2) is 12.2 Å². The fourth-order valence-corrected chi connectivity index (χ4v) is 9.46. The van der Waals surface area contributed by atoms with E-state index in [1.807, 2.05) is 0 Å². The molecule has 0 saturated heterocycles. The van der Waals surface area contributed by atoms with Gasteiger partial charge in [0.15, 0.2) is 0 Å². The third-order valence-corrected chi connectivity index (χ3v) is 14.1. The minimum atomic E-state index is -0.667. The number of aliphatic hydroxyl groups excluding tert-OH is 2. The highest BCUT2D eigenvalue weighted by molar-refractivity contribution is 5.76. The molecule has 392 valence electrons. The molecule has 0 rings (SSSR count). The number of rotatable bonds is 56. The maximum Gasteiger partial charge on any atom is 0.305 e. The molecule has 0 heterocycles. The van der Waals surface area contributed by atoms with E-state index in [2.05, 4.69) is 31.3 Å². The molecule has 0 aliphatic carbocycles.